The average Bonchev–Trinajstić information content (AvgIpc) is 2.04. The Hall–Kier alpha value is -1.23. The first-order valence-electron chi connectivity index (χ1n) is 3.19. The van der Waals surface area contributed by atoms with Crippen molar-refractivity contribution in [1.82, 2.24) is 15.2 Å². The molecule has 0 aliphatic rings. The molecule has 0 saturated carbocycles. The first kappa shape index (κ1) is 7.87. The van der Waals surface area contributed by atoms with Gasteiger partial charge in [-0.15, -0.1) is 0 Å². The van der Waals surface area contributed by atoms with Crippen LogP contribution in [0.1, 0.15) is 18.5 Å². The summed E-state index contributed by atoms with van der Waals surface area (Å²) in [5.74, 6) is -0.277. The SMILES string of the molecule is CC(CO)c1n[nH][c]nc1=O. The first-order chi connectivity index (χ1) is 5.25. The summed E-state index contributed by atoms with van der Waals surface area (Å²) in [6.07, 6.45) is 2.20. The summed E-state index contributed by atoms with van der Waals surface area (Å²) < 4.78 is 0. The van der Waals surface area contributed by atoms with E-state index in [-0.39, 0.29) is 18.2 Å². The molecular weight excluding hydrogens is 146 g/mol. The maximum absolute atomic E-state index is 10.9. The number of aliphatic hydroxyl groups is 1. The van der Waals surface area contributed by atoms with E-state index in [4.69, 9.17) is 5.11 Å². The third-order valence-corrected chi connectivity index (χ3v) is 1.34. The lowest BCUT2D eigenvalue weighted by Gasteiger charge is -2.02. The molecule has 1 aromatic heterocycles. The van der Waals surface area contributed by atoms with E-state index >= 15 is 0 Å². The van der Waals surface area contributed by atoms with Gasteiger partial charge in [0, 0.05) is 5.92 Å². The number of H-pyrrole nitrogens is 1. The van der Waals surface area contributed by atoms with Gasteiger partial charge in [0.05, 0.1) is 6.61 Å². The van der Waals surface area contributed by atoms with Crippen LogP contribution in [0.3, 0.4) is 0 Å². The van der Waals surface area contributed by atoms with E-state index in [0.717, 1.165) is 0 Å². The maximum Gasteiger partial charge on any atom is 0.295 e. The van der Waals surface area contributed by atoms with Crippen LogP contribution >= 0.6 is 0 Å². The molecule has 1 radical (unpaired) electrons. The highest BCUT2D eigenvalue weighted by molar-refractivity contribution is 4.99. The van der Waals surface area contributed by atoms with Crippen LogP contribution in [-0.2, 0) is 0 Å². The molecule has 0 aliphatic carbocycles. The molecule has 0 bridgehead atoms. The summed E-state index contributed by atoms with van der Waals surface area (Å²) in [4.78, 5) is 14.2. The summed E-state index contributed by atoms with van der Waals surface area (Å²) in [7, 11) is 0. The fourth-order valence-corrected chi connectivity index (χ4v) is 0.674. The molecule has 2 N–H and O–H groups in total. The van der Waals surface area contributed by atoms with Crippen LogP contribution in [0.4, 0.5) is 0 Å². The minimum absolute atomic E-state index is 0.109. The summed E-state index contributed by atoms with van der Waals surface area (Å²) >= 11 is 0. The second kappa shape index (κ2) is 3.25. The molecule has 0 aliphatic heterocycles. The van der Waals surface area contributed by atoms with Crippen LogP contribution in [0.2, 0.25) is 0 Å². The van der Waals surface area contributed by atoms with Crippen molar-refractivity contribution in [3.05, 3.63) is 22.4 Å². The fourth-order valence-electron chi connectivity index (χ4n) is 0.674. The van der Waals surface area contributed by atoms with Gasteiger partial charge in [-0.3, -0.25) is 9.89 Å². The Bertz CT molecular complexity index is 283. The standard InChI is InChI=1S/C6H8N3O2/c1-4(2-10)5-6(11)7-3-8-9-5/h4,10H,2H2,1H3,(H,7,8,11). The van der Waals surface area contributed by atoms with Crippen molar-refractivity contribution < 1.29 is 5.11 Å². The number of nitrogens with one attached hydrogen (secondary N) is 1. The fraction of sp³-hybridized carbons (Fsp3) is 0.500. The van der Waals surface area contributed by atoms with Gasteiger partial charge in [-0.25, -0.2) is 0 Å². The molecule has 5 nitrogen and oxygen atoms in total. The van der Waals surface area contributed by atoms with Crippen molar-refractivity contribution in [3.63, 3.8) is 0 Å². The largest absolute Gasteiger partial charge is 0.396 e. The number of aromatic nitrogens is 3. The predicted octanol–water partition coefficient (Wildman–Crippen LogP) is -0.939. The van der Waals surface area contributed by atoms with Gasteiger partial charge in [0.2, 0.25) is 0 Å². The van der Waals surface area contributed by atoms with Gasteiger partial charge in [-0.05, 0) is 0 Å². The van der Waals surface area contributed by atoms with Gasteiger partial charge in [-0.2, -0.15) is 10.1 Å². The normalized spacial score (nSPS) is 12.9. The molecule has 1 atom stereocenters. The van der Waals surface area contributed by atoms with Crippen LogP contribution < -0.4 is 5.56 Å². The second-order valence-electron chi connectivity index (χ2n) is 2.22. The molecule has 5 heteroatoms. The Labute approximate surface area is 63.1 Å². The van der Waals surface area contributed by atoms with Gasteiger partial charge in [0.25, 0.3) is 5.56 Å². The molecule has 0 saturated heterocycles. The van der Waals surface area contributed by atoms with Crippen molar-refractivity contribution in [2.75, 3.05) is 6.61 Å². The van der Waals surface area contributed by atoms with Crippen molar-refractivity contribution >= 4 is 0 Å². The van der Waals surface area contributed by atoms with Crippen molar-refractivity contribution in [2.45, 2.75) is 12.8 Å². The predicted molar refractivity (Wildman–Crippen MR) is 37.0 cm³/mol. The van der Waals surface area contributed by atoms with Crippen LogP contribution in [0, 0.1) is 6.33 Å². The average molecular weight is 154 g/mol. The highest BCUT2D eigenvalue weighted by Crippen LogP contribution is 2.03. The Kier molecular flexibility index (Phi) is 2.32. The Morgan fingerprint density at radius 3 is 3.09 bits per heavy atom. The minimum atomic E-state index is -0.440. The number of aromatic amines is 1. The number of aliphatic hydroxyl groups excluding tert-OH is 1. The summed E-state index contributed by atoms with van der Waals surface area (Å²) in [5, 5.41) is 14.6. The number of nitrogens with zero attached hydrogens (tertiary/aromatic N) is 2. The van der Waals surface area contributed by atoms with Gasteiger partial charge in [-0.1, -0.05) is 6.92 Å². The third-order valence-electron chi connectivity index (χ3n) is 1.34. The van der Waals surface area contributed by atoms with Gasteiger partial charge >= 0.3 is 0 Å². The number of hydrogen-bond donors (Lipinski definition) is 2. The third kappa shape index (κ3) is 1.62. The van der Waals surface area contributed by atoms with E-state index in [1.807, 2.05) is 0 Å². The quantitative estimate of drug-likeness (QED) is 0.576. The Morgan fingerprint density at radius 1 is 1.82 bits per heavy atom. The molecule has 0 amide bonds. The molecule has 59 valence electrons. The maximum atomic E-state index is 10.9. The molecule has 0 aromatic carbocycles. The van der Waals surface area contributed by atoms with Crippen molar-refractivity contribution in [2.24, 2.45) is 0 Å². The molecule has 0 spiro atoms. The molecule has 0 fully saturated rings. The zero-order valence-electron chi connectivity index (χ0n) is 6.03. The van der Waals surface area contributed by atoms with Gasteiger partial charge in [0.1, 0.15) is 5.69 Å². The smallest absolute Gasteiger partial charge is 0.295 e. The highest BCUT2D eigenvalue weighted by atomic mass is 16.3. The molecule has 11 heavy (non-hydrogen) atoms. The zero-order chi connectivity index (χ0) is 8.27. The van der Waals surface area contributed by atoms with Crippen molar-refractivity contribution in [3.8, 4) is 0 Å². The lowest BCUT2D eigenvalue weighted by molar-refractivity contribution is 0.269. The van der Waals surface area contributed by atoms with Gasteiger partial charge < -0.3 is 5.11 Å². The topological polar surface area (TPSA) is 78.9 Å². The van der Waals surface area contributed by atoms with Crippen LogP contribution in [0.25, 0.3) is 0 Å². The number of hydrogen-bond acceptors (Lipinski definition) is 4. The molecule has 1 heterocycles. The lowest BCUT2D eigenvalue weighted by Crippen LogP contribution is -2.19. The highest BCUT2D eigenvalue weighted by Gasteiger charge is 2.09. The summed E-state index contributed by atoms with van der Waals surface area (Å²) in [5.41, 5.74) is -0.198. The Morgan fingerprint density at radius 2 is 2.55 bits per heavy atom. The van der Waals surface area contributed by atoms with Crippen molar-refractivity contribution in [1.29, 1.82) is 0 Å². The zero-order valence-corrected chi connectivity index (χ0v) is 6.03. The van der Waals surface area contributed by atoms with Crippen LogP contribution in [0.5, 0.6) is 0 Å². The molecular formula is C6H8N3O2. The van der Waals surface area contributed by atoms with Crippen LogP contribution in [0.15, 0.2) is 4.79 Å². The summed E-state index contributed by atoms with van der Waals surface area (Å²) in [6.45, 7) is 1.58. The second-order valence-corrected chi connectivity index (χ2v) is 2.22. The van der Waals surface area contributed by atoms with E-state index in [0.29, 0.717) is 0 Å². The Balaban J connectivity index is 3.03. The minimum Gasteiger partial charge on any atom is -0.396 e. The van der Waals surface area contributed by atoms with E-state index in [2.05, 4.69) is 21.5 Å². The first-order valence-corrected chi connectivity index (χ1v) is 3.19. The van der Waals surface area contributed by atoms with E-state index < -0.39 is 5.56 Å². The van der Waals surface area contributed by atoms with Crippen LogP contribution in [-0.4, -0.2) is 26.9 Å². The van der Waals surface area contributed by atoms with E-state index in [9.17, 15) is 4.79 Å². The molecule has 1 unspecified atom stereocenters. The molecule has 1 aromatic rings. The molecule has 1 rings (SSSR count). The monoisotopic (exact) mass is 154 g/mol. The lowest BCUT2D eigenvalue weighted by atomic mass is 10.1. The van der Waals surface area contributed by atoms with Gasteiger partial charge in [0.15, 0.2) is 6.33 Å². The van der Waals surface area contributed by atoms with E-state index in [1.165, 1.54) is 0 Å². The number of rotatable bonds is 2. The summed E-state index contributed by atoms with van der Waals surface area (Å²) in [6, 6.07) is 0. The van der Waals surface area contributed by atoms with E-state index in [1.54, 1.807) is 6.92 Å².